The smallest absolute Gasteiger partial charge is 0.0756 e. The summed E-state index contributed by atoms with van der Waals surface area (Å²) in [6.45, 7) is 1.83. The molecule has 6 nitrogen and oxygen atoms in total. The molecular weight excluding hydrogens is 312 g/mol. The average molecular weight is 342 g/mol. The molecule has 0 saturated carbocycles. The van der Waals surface area contributed by atoms with Gasteiger partial charge in [-0.15, -0.1) is 0 Å². The molecule has 0 radical (unpaired) electrons. The molecule has 136 valence electrons. The zero-order chi connectivity index (χ0) is 17.4. The topological polar surface area (TPSA) is 82.1 Å². The molecule has 0 spiro atoms. The fourth-order valence-electron chi connectivity index (χ4n) is 2.65. The zero-order valence-corrected chi connectivity index (χ0v) is 15.0. The van der Waals surface area contributed by atoms with Gasteiger partial charge in [-0.05, 0) is 25.0 Å². The van der Waals surface area contributed by atoms with Crippen molar-refractivity contribution in [3.63, 3.8) is 0 Å². The maximum absolute atomic E-state index is 4.40. The van der Waals surface area contributed by atoms with Crippen LogP contribution in [-0.2, 0) is 0 Å². The number of hydrogen-bond donors (Lipinski definition) is 2. The Bertz CT molecular complexity index is 519. The number of nitrogens with zero attached hydrogens (tertiary/aromatic N) is 4. The summed E-state index contributed by atoms with van der Waals surface area (Å²) in [5.41, 5.74) is 1.96. The predicted octanol–water partition coefficient (Wildman–Crippen LogP) is 4.18. The maximum Gasteiger partial charge on any atom is 0.0756 e. The Morgan fingerprint density at radius 3 is 1.40 bits per heavy atom. The van der Waals surface area contributed by atoms with Crippen molar-refractivity contribution >= 4 is 12.4 Å². The van der Waals surface area contributed by atoms with E-state index < -0.39 is 0 Å². The number of rotatable bonds is 14. The van der Waals surface area contributed by atoms with Crippen LogP contribution in [0.1, 0.15) is 69.2 Å². The molecule has 0 bridgehead atoms. The Kier molecular flexibility index (Phi) is 10.00. The summed E-state index contributed by atoms with van der Waals surface area (Å²) in [6.07, 6.45) is 18.9. The standard InChI is InChI=1S/C19H30N6/c1(2-4-6-8-12-20-16-18-10-14-22-24-18)3-5-7-9-13-21-17-19-11-15-23-25-19/h10-11,14-17H,1-9,12-13H2,(H,22,24)(H,23,25). The maximum atomic E-state index is 4.40. The fourth-order valence-corrected chi connectivity index (χ4v) is 2.65. The highest BCUT2D eigenvalue weighted by Gasteiger charge is 1.93. The lowest BCUT2D eigenvalue weighted by molar-refractivity contribution is 0.563. The van der Waals surface area contributed by atoms with Gasteiger partial charge in [0, 0.05) is 37.9 Å². The van der Waals surface area contributed by atoms with Crippen LogP contribution >= 0.6 is 0 Å². The molecule has 0 atom stereocenters. The summed E-state index contributed by atoms with van der Waals surface area (Å²) in [5.74, 6) is 0. The number of H-pyrrole nitrogens is 2. The number of aliphatic imine (C=N–C) groups is 2. The second-order valence-corrected chi connectivity index (χ2v) is 6.28. The molecule has 0 aromatic carbocycles. The van der Waals surface area contributed by atoms with Crippen molar-refractivity contribution in [2.45, 2.75) is 57.8 Å². The predicted molar refractivity (Wildman–Crippen MR) is 104 cm³/mol. The van der Waals surface area contributed by atoms with Crippen molar-refractivity contribution in [1.29, 1.82) is 0 Å². The van der Waals surface area contributed by atoms with Gasteiger partial charge < -0.3 is 0 Å². The summed E-state index contributed by atoms with van der Waals surface area (Å²) >= 11 is 0. The minimum absolute atomic E-state index is 0.915. The van der Waals surface area contributed by atoms with Crippen LogP contribution in [0.3, 0.4) is 0 Å². The number of aromatic amines is 2. The van der Waals surface area contributed by atoms with Crippen molar-refractivity contribution in [3.8, 4) is 0 Å². The molecule has 2 heterocycles. The van der Waals surface area contributed by atoms with E-state index in [-0.39, 0.29) is 0 Å². The summed E-state index contributed by atoms with van der Waals surface area (Å²) in [4.78, 5) is 8.80. The van der Waals surface area contributed by atoms with Gasteiger partial charge in [0.1, 0.15) is 0 Å². The van der Waals surface area contributed by atoms with Gasteiger partial charge in [-0.1, -0.05) is 44.9 Å². The Morgan fingerprint density at radius 1 is 0.640 bits per heavy atom. The van der Waals surface area contributed by atoms with Crippen LogP contribution in [0.2, 0.25) is 0 Å². The summed E-state index contributed by atoms with van der Waals surface area (Å²) in [5, 5.41) is 13.5. The lowest BCUT2D eigenvalue weighted by atomic mass is 10.1. The fraction of sp³-hybridized carbons (Fsp3) is 0.579. The minimum atomic E-state index is 0.915. The molecule has 0 amide bonds. The van der Waals surface area contributed by atoms with Gasteiger partial charge in [0.15, 0.2) is 0 Å². The first-order chi connectivity index (χ1) is 12.4. The summed E-state index contributed by atoms with van der Waals surface area (Å²) in [7, 11) is 0. The second kappa shape index (κ2) is 13.1. The minimum Gasteiger partial charge on any atom is -0.291 e. The third-order valence-corrected chi connectivity index (χ3v) is 4.08. The molecule has 25 heavy (non-hydrogen) atoms. The van der Waals surface area contributed by atoms with Crippen LogP contribution in [0.15, 0.2) is 34.5 Å². The quantitative estimate of drug-likeness (QED) is 0.399. The van der Waals surface area contributed by atoms with Gasteiger partial charge in [0.25, 0.3) is 0 Å². The summed E-state index contributed by atoms with van der Waals surface area (Å²) in [6, 6.07) is 3.85. The number of hydrogen-bond acceptors (Lipinski definition) is 4. The van der Waals surface area contributed by atoms with E-state index in [1.165, 1.54) is 57.8 Å². The number of nitrogens with one attached hydrogen (secondary N) is 2. The van der Waals surface area contributed by atoms with E-state index in [1.807, 2.05) is 24.6 Å². The average Bonchev–Trinajstić information content (AvgIpc) is 3.32. The molecule has 0 aliphatic heterocycles. The molecule has 2 aromatic heterocycles. The van der Waals surface area contributed by atoms with E-state index in [2.05, 4.69) is 30.4 Å². The highest BCUT2D eigenvalue weighted by molar-refractivity contribution is 5.76. The first kappa shape index (κ1) is 19.1. The Hall–Kier alpha value is -2.24. The van der Waals surface area contributed by atoms with Crippen molar-refractivity contribution in [3.05, 3.63) is 35.9 Å². The van der Waals surface area contributed by atoms with Crippen LogP contribution in [0.5, 0.6) is 0 Å². The lowest BCUT2D eigenvalue weighted by Gasteiger charge is -2.01. The largest absolute Gasteiger partial charge is 0.291 e. The first-order valence-electron chi connectivity index (χ1n) is 9.43. The van der Waals surface area contributed by atoms with Gasteiger partial charge in [0.05, 0.1) is 11.4 Å². The monoisotopic (exact) mass is 342 g/mol. The third-order valence-electron chi connectivity index (χ3n) is 4.08. The van der Waals surface area contributed by atoms with Gasteiger partial charge >= 0.3 is 0 Å². The van der Waals surface area contributed by atoms with Crippen LogP contribution in [0.25, 0.3) is 0 Å². The first-order valence-corrected chi connectivity index (χ1v) is 9.43. The molecule has 2 N–H and O–H groups in total. The molecule has 0 aliphatic rings. The molecule has 2 rings (SSSR count). The van der Waals surface area contributed by atoms with Gasteiger partial charge in [-0.2, -0.15) is 10.2 Å². The van der Waals surface area contributed by atoms with E-state index in [0.717, 1.165) is 24.5 Å². The van der Waals surface area contributed by atoms with Crippen LogP contribution < -0.4 is 0 Å². The van der Waals surface area contributed by atoms with Crippen molar-refractivity contribution in [1.82, 2.24) is 20.4 Å². The van der Waals surface area contributed by atoms with Gasteiger partial charge in [0.2, 0.25) is 0 Å². The Balaban J connectivity index is 1.30. The highest BCUT2D eigenvalue weighted by Crippen LogP contribution is 2.09. The highest BCUT2D eigenvalue weighted by atomic mass is 15.1. The molecule has 0 fully saturated rings. The van der Waals surface area contributed by atoms with Gasteiger partial charge in [-0.25, -0.2) is 0 Å². The third kappa shape index (κ3) is 9.59. The molecular formula is C19H30N6. The number of unbranched alkanes of at least 4 members (excludes halogenated alkanes) is 8. The van der Waals surface area contributed by atoms with E-state index in [1.54, 1.807) is 12.4 Å². The molecule has 6 heteroatoms. The normalized spacial score (nSPS) is 11.8. The summed E-state index contributed by atoms with van der Waals surface area (Å²) < 4.78 is 0. The molecule has 0 saturated heterocycles. The van der Waals surface area contributed by atoms with Crippen LogP contribution in [-0.4, -0.2) is 45.9 Å². The molecule has 0 unspecified atom stereocenters. The Labute approximate surface area is 150 Å². The second-order valence-electron chi connectivity index (χ2n) is 6.28. The van der Waals surface area contributed by atoms with Crippen LogP contribution in [0, 0.1) is 0 Å². The van der Waals surface area contributed by atoms with Crippen molar-refractivity contribution in [2.24, 2.45) is 9.98 Å². The van der Waals surface area contributed by atoms with Crippen molar-refractivity contribution < 1.29 is 0 Å². The van der Waals surface area contributed by atoms with Gasteiger partial charge in [-0.3, -0.25) is 20.2 Å². The lowest BCUT2D eigenvalue weighted by Crippen LogP contribution is -1.88. The zero-order valence-electron chi connectivity index (χ0n) is 15.0. The van der Waals surface area contributed by atoms with Crippen molar-refractivity contribution in [2.75, 3.05) is 13.1 Å². The van der Waals surface area contributed by atoms with E-state index in [9.17, 15) is 0 Å². The van der Waals surface area contributed by atoms with E-state index in [4.69, 9.17) is 0 Å². The molecule has 2 aromatic rings. The Morgan fingerprint density at radius 2 is 1.04 bits per heavy atom. The van der Waals surface area contributed by atoms with E-state index in [0.29, 0.717) is 0 Å². The molecule has 0 aliphatic carbocycles. The SMILES string of the molecule is C(=NCCCCCCCCCCCN=Cc1ccn[nH]1)c1ccn[nH]1. The van der Waals surface area contributed by atoms with Crippen LogP contribution in [0.4, 0.5) is 0 Å². The van der Waals surface area contributed by atoms with E-state index >= 15 is 0 Å². The number of aromatic nitrogens is 4.